The monoisotopic (exact) mass is 140 g/mol. The molecule has 1 saturated heterocycles. The van der Waals surface area contributed by atoms with E-state index < -0.39 is 0 Å². The predicted octanol–water partition coefficient (Wildman–Crippen LogP) is 0.490. The number of nitrogens with one attached hydrogen (secondary N) is 2. The third-order valence-corrected chi connectivity index (χ3v) is 2.64. The van der Waals surface area contributed by atoms with E-state index >= 15 is 0 Å². The van der Waals surface area contributed by atoms with Gasteiger partial charge in [-0.1, -0.05) is 6.42 Å². The van der Waals surface area contributed by atoms with Gasteiger partial charge >= 0.3 is 0 Å². The fraction of sp³-hybridized carbons (Fsp3) is 1.00. The molecule has 0 unspecified atom stereocenters. The lowest BCUT2D eigenvalue weighted by molar-refractivity contribution is 0.310. The zero-order chi connectivity index (χ0) is 6.81. The highest BCUT2D eigenvalue weighted by Crippen LogP contribution is 2.19. The Labute approximate surface area is 62.4 Å². The topological polar surface area (TPSA) is 24.1 Å². The molecule has 2 rings (SSSR count). The minimum Gasteiger partial charge on any atom is -0.315 e. The van der Waals surface area contributed by atoms with Crippen LogP contribution in [0.3, 0.4) is 0 Å². The molecule has 2 aliphatic rings. The van der Waals surface area contributed by atoms with Crippen molar-refractivity contribution >= 4 is 0 Å². The van der Waals surface area contributed by atoms with Crippen LogP contribution in [0.15, 0.2) is 0 Å². The number of hydrogen-bond acceptors (Lipinski definition) is 2. The summed E-state index contributed by atoms with van der Waals surface area (Å²) in [7, 11) is 0. The number of hydrogen-bond donors (Lipinski definition) is 2. The van der Waals surface area contributed by atoms with E-state index in [2.05, 4.69) is 10.6 Å². The van der Waals surface area contributed by atoms with E-state index in [4.69, 9.17) is 0 Å². The summed E-state index contributed by atoms with van der Waals surface area (Å²) in [6.07, 6.45) is 5.60. The molecule has 0 radical (unpaired) electrons. The highest BCUT2D eigenvalue weighted by molar-refractivity contribution is 4.84. The maximum atomic E-state index is 3.65. The molecule has 1 saturated carbocycles. The van der Waals surface area contributed by atoms with Crippen LogP contribution in [0.25, 0.3) is 0 Å². The molecule has 58 valence electrons. The summed E-state index contributed by atoms with van der Waals surface area (Å²) >= 11 is 0. The van der Waals surface area contributed by atoms with Gasteiger partial charge in [-0.05, 0) is 25.8 Å². The second-order valence-electron chi connectivity index (χ2n) is 3.48. The molecule has 2 nitrogen and oxygen atoms in total. The molecular formula is C8H16N2. The number of rotatable bonds is 2. The third-order valence-electron chi connectivity index (χ3n) is 2.64. The summed E-state index contributed by atoms with van der Waals surface area (Å²) in [5.74, 6) is 0. The van der Waals surface area contributed by atoms with Crippen LogP contribution in [-0.2, 0) is 0 Å². The van der Waals surface area contributed by atoms with Crippen molar-refractivity contribution in [3.63, 3.8) is 0 Å². The first-order valence-corrected chi connectivity index (χ1v) is 4.42. The van der Waals surface area contributed by atoms with E-state index in [1.807, 2.05) is 0 Å². The van der Waals surface area contributed by atoms with Crippen LogP contribution in [0, 0.1) is 0 Å². The lowest BCUT2D eigenvalue weighted by Gasteiger charge is -2.29. The molecule has 2 heteroatoms. The van der Waals surface area contributed by atoms with Crippen molar-refractivity contribution in [2.45, 2.75) is 37.8 Å². The lowest BCUT2D eigenvalue weighted by Crippen LogP contribution is -2.43. The quantitative estimate of drug-likeness (QED) is 0.583. The zero-order valence-corrected chi connectivity index (χ0v) is 6.40. The Kier molecular flexibility index (Phi) is 1.91. The Hall–Kier alpha value is -0.0800. The average Bonchev–Trinajstić information content (AvgIpc) is 2.29. The van der Waals surface area contributed by atoms with Gasteiger partial charge in [0.1, 0.15) is 0 Å². The summed E-state index contributed by atoms with van der Waals surface area (Å²) in [5, 5.41) is 7.02. The van der Waals surface area contributed by atoms with Crippen molar-refractivity contribution in [3.05, 3.63) is 0 Å². The molecule has 0 spiro atoms. The van der Waals surface area contributed by atoms with Gasteiger partial charge in [0, 0.05) is 18.6 Å². The maximum Gasteiger partial charge on any atom is 0.0207 e. The fourth-order valence-electron chi connectivity index (χ4n) is 1.71. The van der Waals surface area contributed by atoms with Crippen LogP contribution in [0.2, 0.25) is 0 Å². The molecule has 0 aromatic carbocycles. The molecule has 2 N–H and O–H groups in total. The minimum absolute atomic E-state index is 0.783. The van der Waals surface area contributed by atoms with Crippen molar-refractivity contribution in [1.29, 1.82) is 0 Å². The molecule has 1 atom stereocenters. The van der Waals surface area contributed by atoms with E-state index in [9.17, 15) is 0 Å². The second kappa shape index (κ2) is 2.89. The van der Waals surface area contributed by atoms with Gasteiger partial charge in [0.15, 0.2) is 0 Å². The molecule has 1 heterocycles. The van der Waals surface area contributed by atoms with E-state index in [-0.39, 0.29) is 0 Å². The van der Waals surface area contributed by atoms with Gasteiger partial charge < -0.3 is 10.6 Å². The SMILES string of the molecule is C1CC(N[C@H]2CCNC2)C1. The van der Waals surface area contributed by atoms with E-state index in [1.54, 1.807) is 0 Å². The van der Waals surface area contributed by atoms with Crippen molar-refractivity contribution in [1.82, 2.24) is 10.6 Å². The van der Waals surface area contributed by atoms with Crippen molar-refractivity contribution < 1.29 is 0 Å². The van der Waals surface area contributed by atoms with Crippen LogP contribution in [0.5, 0.6) is 0 Å². The van der Waals surface area contributed by atoms with Gasteiger partial charge in [0.2, 0.25) is 0 Å². The Morgan fingerprint density at radius 1 is 1.10 bits per heavy atom. The Bertz CT molecular complexity index is 104. The molecule has 10 heavy (non-hydrogen) atoms. The summed E-state index contributed by atoms with van der Waals surface area (Å²) in [4.78, 5) is 0. The summed E-state index contributed by atoms with van der Waals surface area (Å²) in [5.41, 5.74) is 0. The first kappa shape index (κ1) is 6.62. The van der Waals surface area contributed by atoms with Gasteiger partial charge in [0.05, 0.1) is 0 Å². The van der Waals surface area contributed by atoms with E-state index in [0.29, 0.717) is 0 Å². The summed E-state index contributed by atoms with van der Waals surface area (Å²) < 4.78 is 0. The molecular weight excluding hydrogens is 124 g/mol. The highest BCUT2D eigenvalue weighted by Gasteiger charge is 2.22. The minimum atomic E-state index is 0.783. The molecule has 0 aromatic rings. The van der Waals surface area contributed by atoms with Crippen LogP contribution in [-0.4, -0.2) is 25.2 Å². The second-order valence-corrected chi connectivity index (χ2v) is 3.48. The Balaban J connectivity index is 1.68. The molecule has 0 bridgehead atoms. The van der Waals surface area contributed by atoms with Gasteiger partial charge in [-0.25, -0.2) is 0 Å². The van der Waals surface area contributed by atoms with Crippen LogP contribution in [0.4, 0.5) is 0 Å². The molecule has 1 aliphatic heterocycles. The average molecular weight is 140 g/mol. The van der Waals surface area contributed by atoms with Crippen molar-refractivity contribution in [2.24, 2.45) is 0 Å². The van der Waals surface area contributed by atoms with Crippen LogP contribution < -0.4 is 10.6 Å². The summed E-state index contributed by atoms with van der Waals surface area (Å²) in [6, 6.07) is 1.65. The first-order valence-electron chi connectivity index (χ1n) is 4.42. The maximum absolute atomic E-state index is 3.65. The molecule has 1 aliphatic carbocycles. The molecule has 0 amide bonds. The van der Waals surface area contributed by atoms with E-state index in [0.717, 1.165) is 12.1 Å². The fourth-order valence-corrected chi connectivity index (χ4v) is 1.71. The van der Waals surface area contributed by atoms with Gasteiger partial charge in [-0.2, -0.15) is 0 Å². The standard InChI is InChI=1S/C8H16N2/c1-2-7(3-1)10-8-4-5-9-6-8/h7-10H,1-6H2/t8-/m0/s1. The van der Waals surface area contributed by atoms with Crippen molar-refractivity contribution in [2.75, 3.05) is 13.1 Å². The van der Waals surface area contributed by atoms with Crippen molar-refractivity contribution in [3.8, 4) is 0 Å². The predicted molar refractivity (Wildman–Crippen MR) is 42.0 cm³/mol. The van der Waals surface area contributed by atoms with Gasteiger partial charge in [-0.3, -0.25) is 0 Å². The Morgan fingerprint density at radius 2 is 2.00 bits per heavy atom. The molecule has 2 fully saturated rings. The summed E-state index contributed by atoms with van der Waals surface area (Å²) in [6.45, 7) is 2.40. The molecule has 0 aromatic heterocycles. The smallest absolute Gasteiger partial charge is 0.0207 e. The van der Waals surface area contributed by atoms with Gasteiger partial charge in [0.25, 0.3) is 0 Å². The normalized spacial score (nSPS) is 34.2. The Morgan fingerprint density at radius 3 is 2.50 bits per heavy atom. The largest absolute Gasteiger partial charge is 0.315 e. The zero-order valence-electron chi connectivity index (χ0n) is 6.40. The first-order chi connectivity index (χ1) is 4.95. The van der Waals surface area contributed by atoms with Gasteiger partial charge in [-0.15, -0.1) is 0 Å². The highest BCUT2D eigenvalue weighted by atomic mass is 15.0. The van der Waals surface area contributed by atoms with Crippen LogP contribution in [0.1, 0.15) is 25.7 Å². The van der Waals surface area contributed by atoms with E-state index in [1.165, 1.54) is 38.8 Å². The van der Waals surface area contributed by atoms with Crippen LogP contribution >= 0.6 is 0 Å². The third kappa shape index (κ3) is 1.32. The lowest BCUT2D eigenvalue weighted by atomic mass is 9.92.